The number of anilines is 1. The van der Waals surface area contributed by atoms with Crippen molar-refractivity contribution in [1.82, 2.24) is 15.0 Å². The van der Waals surface area contributed by atoms with E-state index in [0.29, 0.717) is 6.04 Å². The highest BCUT2D eigenvalue weighted by atomic mass is 35.5. The molecule has 3 rings (SSSR count). The van der Waals surface area contributed by atoms with Gasteiger partial charge in [-0.1, -0.05) is 11.3 Å². The van der Waals surface area contributed by atoms with Crippen LogP contribution in [0.5, 0.6) is 0 Å². The van der Waals surface area contributed by atoms with Gasteiger partial charge in [-0.25, -0.2) is 15.0 Å². The Kier molecular flexibility index (Phi) is 2.85. The molecule has 0 amide bonds. The summed E-state index contributed by atoms with van der Waals surface area (Å²) in [6.07, 6.45) is 1.02. The van der Waals surface area contributed by atoms with Crippen LogP contribution in [0, 0.1) is 6.92 Å². The first-order chi connectivity index (χ1) is 8.22. The van der Waals surface area contributed by atoms with Crippen LogP contribution < -0.4 is 5.32 Å². The normalized spacial score (nSPS) is 20.0. The second kappa shape index (κ2) is 4.36. The molecule has 1 N–H and O–H groups in total. The molecule has 7 heteroatoms. The number of nitrogens with one attached hydrogen (secondary N) is 1. The van der Waals surface area contributed by atoms with Crippen LogP contribution in [-0.2, 0) is 4.74 Å². The molecule has 0 saturated carbocycles. The summed E-state index contributed by atoms with van der Waals surface area (Å²) < 4.78 is 5.31. The average molecular weight is 271 g/mol. The molecule has 0 spiro atoms. The van der Waals surface area contributed by atoms with Gasteiger partial charge in [-0.15, -0.1) is 0 Å². The summed E-state index contributed by atoms with van der Waals surface area (Å²) in [6.45, 7) is 3.44. The minimum absolute atomic E-state index is 0.273. The van der Waals surface area contributed by atoms with Gasteiger partial charge in [0.2, 0.25) is 5.28 Å². The van der Waals surface area contributed by atoms with Crippen LogP contribution in [0.2, 0.25) is 5.28 Å². The van der Waals surface area contributed by atoms with Crippen LogP contribution in [0.25, 0.3) is 10.3 Å². The summed E-state index contributed by atoms with van der Waals surface area (Å²) in [6, 6.07) is 0.347. The number of fused-ring (bicyclic) bond motifs is 1. The Morgan fingerprint density at radius 1 is 1.41 bits per heavy atom. The van der Waals surface area contributed by atoms with E-state index < -0.39 is 0 Å². The van der Waals surface area contributed by atoms with Crippen LogP contribution in [0.15, 0.2) is 0 Å². The van der Waals surface area contributed by atoms with E-state index in [0.717, 1.165) is 40.8 Å². The van der Waals surface area contributed by atoms with Crippen molar-refractivity contribution in [3.63, 3.8) is 0 Å². The fourth-order valence-electron chi connectivity index (χ4n) is 1.81. The summed E-state index contributed by atoms with van der Waals surface area (Å²) in [5, 5.41) is 4.48. The maximum absolute atomic E-state index is 5.82. The molecule has 2 aromatic heterocycles. The Bertz CT molecular complexity index is 552. The minimum atomic E-state index is 0.273. The first-order valence-corrected chi connectivity index (χ1v) is 6.57. The van der Waals surface area contributed by atoms with Crippen molar-refractivity contribution in [3.8, 4) is 0 Å². The molecular formula is C10H11ClN4OS. The van der Waals surface area contributed by atoms with Crippen molar-refractivity contribution in [2.45, 2.75) is 19.4 Å². The maximum Gasteiger partial charge on any atom is 0.224 e. The van der Waals surface area contributed by atoms with E-state index in [1.54, 1.807) is 0 Å². The smallest absolute Gasteiger partial charge is 0.224 e. The predicted molar refractivity (Wildman–Crippen MR) is 67.8 cm³/mol. The molecule has 3 heterocycles. The van der Waals surface area contributed by atoms with Gasteiger partial charge in [0.05, 0.1) is 18.3 Å². The minimum Gasteiger partial charge on any atom is -0.379 e. The molecule has 0 radical (unpaired) electrons. The van der Waals surface area contributed by atoms with Crippen LogP contribution in [-0.4, -0.2) is 34.2 Å². The summed E-state index contributed by atoms with van der Waals surface area (Å²) in [4.78, 5) is 13.6. The Labute approximate surface area is 107 Å². The van der Waals surface area contributed by atoms with E-state index in [1.807, 2.05) is 6.92 Å². The number of hydrogen-bond acceptors (Lipinski definition) is 6. The number of halogens is 1. The van der Waals surface area contributed by atoms with Gasteiger partial charge < -0.3 is 10.1 Å². The number of aromatic nitrogens is 3. The van der Waals surface area contributed by atoms with Crippen molar-refractivity contribution in [1.29, 1.82) is 0 Å². The van der Waals surface area contributed by atoms with Crippen molar-refractivity contribution in [2.24, 2.45) is 0 Å². The van der Waals surface area contributed by atoms with Crippen molar-refractivity contribution in [3.05, 3.63) is 11.0 Å². The van der Waals surface area contributed by atoms with E-state index in [2.05, 4.69) is 20.3 Å². The topological polar surface area (TPSA) is 59.9 Å². The molecule has 0 aliphatic carbocycles. The maximum atomic E-state index is 5.82. The van der Waals surface area contributed by atoms with Crippen LogP contribution in [0.4, 0.5) is 5.13 Å². The second-order valence-electron chi connectivity index (χ2n) is 3.96. The molecular weight excluding hydrogens is 260 g/mol. The quantitative estimate of drug-likeness (QED) is 0.848. The SMILES string of the molecule is Cc1nc(Cl)nc2sc(NC3CCOC3)nc12. The zero-order chi connectivity index (χ0) is 11.8. The lowest BCUT2D eigenvalue weighted by molar-refractivity contribution is 0.195. The third-order valence-corrected chi connectivity index (χ3v) is 3.71. The first kappa shape index (κ1) is 11.1. The molecule has 1 fully saturated rings. The van der Waals surface area contributed by atoms with Crippen LogP contribution >= 0.6 is 22.9 Å². The molecule has 0 bridgehead atoms. The van der Waals surface area contributed by atoms with E-state index in [1.165, 1.54) is 11.3 Å². The number of ether oxygens (including phenoxy) is 1. The third kappa shape index (κ3) is 2.20. The van der Waals surface area contributed by atoms with Crippen molar-refractivity contribution >= 4 is 38.4 Å². The molecule has 0 aromatic carbocycles. The lowest BCUT2D eigenvalue weighted by Crippen LogP contribution is -2.18. The van der Waals surface area contributed by atoms with Gasteiger partial charge >= 0.3 is 0 Å². The van der Waals surface area contributed by atoms with Crippen molar-refractivity contribution < 1.29 is 4.74 Å². The number of thiazole rings is 1. The molecule has 1 atom stereocenters. The molecule has 2 aromatic rings. The average Bonchev–Trinajstić information content (AvgIpc) is 2.87. The molecule has 1 aliphatic rings. The number of aryl methyl sites for hydroxylation is 1. The van der Waals surface area contributed by atoms with Gasteiger partial charge in [-0.2, -0.15) is 0 Å². The predicted octanol–water partition coefficient (Wildman–Crippen LogP) is 2.25. The molecule has 1 unspecified atom stereocenters. The van der Waals surface area contributed by atoms with Gasteiger partial charge in [0, 0.05) is 6.61 Å². The largest absolute Gasteiger partial charge is 0.379 e. The van der Waals surface area contributed by atoms with Gasteiger partial charge in [-0.3, -0.25) is 0 Å². The summed E-state index contributed by atoms with van der Waals surface area (Å²) >= 11 is 7.32. The lowest BCUT2D eigenvalue weighted by atomic mass is 10.3. The zero-order valence-electron chi connectivity index (χ0n) is 9.23. The first-order valence-electron chi connectivity index (χ1n) is 5.37. The monoisotopic (exact) mass is 270 g/mol. The van der Waals surface area contributed by atoms with E-state index in [4.69, 9.17) is 16.3 Å². The molecule has 17 heavy (non-hydrogen) atoms. The van der Waals surface area contributed by atoms with Gasteiger partial charge in [0.25, 0.3) is 0 Å². The van der Waals surface area contributed by atoms with E-state index >= 15 is 0 Å². The van der Waals surface area contributed by atoms with Gasteiger partial charge in [0.1, 0.15) is 5.52 Å². The van der Waals surface area contributed by atoms with E-state index in [9.17, 15) is 0 Å². The standard InChI is InChI=1S/C10H11ClN4OS/c1-5-7-8(15-9(11)12-5)17-10(14-7)13-6-2-3-16-4-6/h6H,2-4H2,1H3,(H,13,14). The highest BCUT2D eigenvalue weighted by Gasteiger charge is 2.17. The number of hydrogen-bond donors (Lipinski definition) is 1. The van der Waals surface area contributed by atoms with Gasteiger partial charge in [0.15, 0.2) is 9.96 Å². The summed E-state index contributed by atoms with van der Waals surface area (Å²) in [5.74, 6) is 0. The fraction of sp³-hybridized carbons (Fsp3) is 0.500. The Balaban J connectivity index is 1.93. The van der Waals surface area contributed by atoms with Crippen molar-refractivity contribution in [2.75, 3.05) is 18.5 Å². The van der Waals surface area contributed by atoms with Crippen LogP contribution in [0.3, 0.4) is 0 Å². The number of rotatable bonds is 2. The Morgan fingerprint density at radius 2 is 2.29 bits per heavy atom. The zero-order valence-corrected chi connectivity index (χ0v) is 10.8. The van der Waals surface area contributed by atoms with E-state index in [-0.39, 0.29) is 5.28 Å². The lowest BCUT2D eigenvalue weighted by Gasteiger charge is -2.07. The highest BCUT2D eigenvalue weighted by molar-refractivity contribution is 7.21. The molecule has 1 saturated heterocycles. The van der Waals surface area contributed by atoms with Gasteiger partial charge in [-0.05, 0) is 24.9 Å². The summed E-state index contributed by atoms with van der Waals surface area (Å²) in [7, 11) is 0. The Hall–Kier alpha value is -0.980. The highest BCUT2D eigenvalue weighted by Crippen LogP contribution is 2.27. The molecule has 5 nitrogen and oxygen atoms in total. The molecule has 90 valence electrons. The summed E-state index contributed by atoms with van der Waals surface area (Å²) in [5.41, 5.74) is 1.63. The second-order valence-corrected chi connectivity index (χ2v) is 5.27. The molecule has 1 aliphatic heterocycles. The van der Waals surface area contributed by atoms with Crippen LogP contribution in [0.1, 0.15) is 12.1 Å². The Morgan fingerprint density at radius 3 is 3.06 bits per heavy atom. The third-order valence-electron chi connectivity index (χ3n) is 2.66. The fourth-order valence-corrected chi connectivity index (χ4v) is 3.04. The number of nitrogens with zero attached hydrogens (tertiary/aromatic N) is 3.